The van der Waals surface area contributed by atoms with E-state index in [1.54, 1.807) is 19.2 Å². The van der Waals surface area contributed by atoms with Crippen molar-refractivity contribution in [2.45, 2.75) is 77.2 Å². The molecule has 0 saturated heterocycles. The first-order valence-electron chi connectivity index (χ1n) is 14.6. The highest BCUT2D eigenvalue weighted by Gasteiger charge is 2.67. The Bertz CT molecular complexity index is 1460. The maximum absolute atomic E-state index is 15.1. The number of aliphatic carboxylic acids is 1. The van der Waals surface area contributed by atoms with Crippen molar-refractivity contribution in [1.82, 2.24) is 0 Å². The quantitative estimate of drug-likeness (QED) is 0.326. The molecule has 3 aliphatic rings. The zero-order valence-electron chi connectivity index (χ0n) is 23.9. The van der Waals surface area contributed by atoms with Crippen LogP contribution in [0.25, 0.3) is 11.1 Å². The zero-order chi connectivity index (χ0) is 28.2. The minimum atomic E-state index is -0.693. The summed E-state index contributed by atoms with van der Waals surface area (Å²) in [5, 5.41) is 9.83. The van der Waals surface area contributed by atoms with Crippen molar-refractivity contribution < 1.29 is 23.8 Å². The molecule has 5 heteroatoms. The molecule has 0 amide bonds. The molecular formula is C35H39FO4. The average molecular weight is 543 g/mol. The molecule has 4 atom stereocenters. The molecule has 0 radical (unpaired) electrons. The summed E-state index contributed by atoms with van der Waals surface area (Å²) in [6, 6.07) is 17.4. The molecule has 2 saturated carbocycles. The van der Waals surface area contributed by atoms with Crippen LogP contribution in [-0.2, 0) is 23.2 Å². The van der Waals surface area contributed by atoms with Crippen molar-refractivity contribution in [2.24, 2.45) is 17.3 Å². The number of hydrogen-bond donors (Lipinski definition) is 1. The highest BCUT2D eigenvalue weighted by molar-refractivity contribution is 5.79. The number of hydrogen-bond acceptors (Lipinski definition) is 3. The van der Waals surface area contributed by atoms with Gasteiger partial charge in [0.15, 0.2) is 0 Å². The fourth-order valence-corrected chi connectivity index (χ4v) is 8.01. The van der Waals surface area contributed by atoms with Gasteiger partial charge in [-0.05, 0) is 108 Å². The minimum Gasteiger partial charge on any atom is -0.497 e. The second kappa shape index (κ2) is 9.94. The van der Waals surface area contributed by atoms with Gasteiger partial charge < -0.3 is 14.6 Å². The number of halogens is 1. The summed E-state index contributed by atoms with van der Waals surface area (Å²) in [5.74, 6) is 0.612. The van der Waals surface area contributed by atoms with E-state index in [9.17, 15) is 9.90 Å². The number of carboxylic acids is 1. The molecule has 0 heterocycles. The fourth-order valence-electron chi connectivity index (χ4n) is 8.01. The first kappa shape index (κ1) is 26.9. The van der Waals surface area contributed by atoms with Crippen molar-refractivity contribution >= 4 is 5.97 Å². The SMILES string of the molecule is COc1ccc(F)c(-c2ccc(COc3ccc4c(c3)C3(CCC4)C(C)C3C(=O)O)cc2C2CCCC2(C)C)c1. The summed E-state index contributed by atoms with van der Waals surface area (Å²) in [4.78, 5) is 12.0. The number of fused-ring (bicyclic) bond motifs is 2. The summed E-state index contributed by atoms with van der Waals surface area (Å²) < 4.78 is 26.9. The molecule has 1 N–H and O–H groups in total. The lowest BCUT2D eigenvalue weighted by Gasteiger charge is -2.30. The smallest absolute Gasteiger partial charge is 0.307 e. The molecule has 3 aromatic rings. The van der Waals surface area contributed by atoms with E-state index in [1.165, 1.54) is 11.6 Å². The van der Waals surface area contributed by atoms with Crippen LogP contribution in [-0.4, -0.2) is 18.2 Å². The van der Waals surface area contributed by atoms with Crippen LogP contribution in [0.15, 0.2) is 54.6 Å². The standard InChI is InChI=1S/C35H39FO4/c1-21-32(33(37)38)35(21)16-5-7-23-10-11-25(19-30(23)35)40-20-22-9-13-26(28-18-24(39-4)12-14-31(28)36)27(17-22)29-8-6-15-34(29,2)3/h9-14,17-19,21,29,32H,5-8,15-16,20H2,1-4H3,(H,37,38). The second-order valence-corrected chi connectivity index (χ2v) is 12.8. The summed E-state index contributed by atoms with van der Waals surface area (Å²) in [6.07, 6.45) is 6.31. The molecule has 1 spiro atoms. The highest BCUT2D eigenvalue weighted by Crippen LogP contribution is 2.65. The molecule has 40 heavy (non-hydrogen) atoms. The molecule has 0 aliphatic heterocycles. The molecule has 4 unspecified atom stereocenters. The fraction of sp³-hybridized carbons (Fsp3) is 0.457. The highest BCUT2D eigenvalue weighted by atomic mass is 19.1. The van der Waals surface area contributed by atoms with Crippen molar-refractivity contribution in [3.05, 3.63) is 82.7 Å². The lowest BCUT2D eigenvalue weighted by molar-refractivity contribution is -0.139. The Kier molecular flexibility index (Phi) is 6.67. The summed E-state index contributed by atoms with van der Waals surface area (Å²) in [6.45, 7) is 7.09. The van der Waals surface area contributed by atoms with Gasteiger partial charge in [0.2, 0.25) is 0 Å². The van der Waals surface area contributed by atoms with E-state index >= 15 is 4.39 Å². The number of carbonyl (C=O) groups is 1. The number of ether oxygens (including phenoxy) is 2. The van der Waals surface area contributed by atoms with Crippen molar-refractivity contribution in [3.63, 3.8) is 0 Å². The molecule has 6 rings (SSSR count). The number of methoxy groups -OCH3 is 1. The van der Waals surface area contributed by atoms with Crippen LogP contribution in [0.5, 0.6) is 11.5 Å². The van der Waals surface area contributed by atoms with E-state index in [0.717, 1.165) is 66.5 Å². The molecule has 4 nitrogen and oxygen atoms in total. The van der Waals surface area contributed by atoms with E-state index in [1.807, 2.05) is 18.2 Å². The third-order valence-electron chi connectivity index (χ3n) is 10.3. The lowest BCUT2D eigenvalue weighted by Crippen LogP contribution is -2.22. The third kappa shape index (κ3) is 4.38. The molecule has 210 valence electrons. The summed E-state index contributed by atoms with van der Waals surface area (Å²) in [7, 11) is 1.60. The van der Waals surface area contributed by atoms with Crippen LogP contribution in [0.1, 0.15) is 81.0 Å². The Morgan fingerprint density at radius 3 is 2.50 bits per heavy atom. The monoisotopic (exact) mass is 542 g/mol. The summed E-state index contributed by atoms with van der Waals surface area (Å²) in [5.41, 5.74) is 5.96. The van der Waals surface area contributed by atoms with Gasteiger partial charge in [-0.15, -0.1) is 0 Å². The van der Waals surface area contributed by atoms with Crippen molar-refractivity contribution in [2.75, 3.05) is 7.11 Å². The first-order valence-corrected chi connectivity index (χ1v) is 14.6. The van der Waals surface area contributed by atoms with Gasteiger partial charge in [0, 0.05) is 11.0 Å². The van der Waals surface area contributed by atoms with E-state index in [2.05, 4.69) is 39.0 Å². The van der Waals surface area contributed by atoms with Gasteiger partial charge in [-0.3, -0.25) is 4.79 Å². The lowest BCUT2D eigenvalue weighted by atomic mass is 9.75. The van der Waals surface area contributed by atoms with E-state index in [-0.39, 0.29) is 28.5 Å². The van der Waals surface area contributed by atoms with Gasteiger partial charge in [-0.2, -0.15) is 0 Å². The molecule has 0 bridgehead atoms. The van der Waals surface area contributed by atoms with Crippen LogP contribution >= 0.6 is 0 Å². The van der Waals surface area contributed by atoms with Crippen molar-refractivity contribution in [1.29, 1.82) is 0 Å². The normalized spacial score (nSPS) is 26.4. The Morgan fingerprint density at radius 1 is 1.00 bits per heavy atom. The van der Waals surface area contributed by atoms with E-state index < -0.39 is 5.97 Å². The topological polar surface area (TPSA) is 55.8 Å². The second-order valence-electron chi connectivity index (χ2n) is 12.8. The summed E-state index contributed by atoms with van der Waals surface area (Å²) >= 11 is 0. The largest absolute Gasteiger partial charge is 0.497 e. The van der Waals surface area contributed by atoms with Gasteiger partial charge in [-0.1, -0.05) is 51.5 Å². The van der Waals surface area contributed by atoms with Crippen LogP contribution in [0.2, 0.25) is 0 Å². The minimum absolute atomic E-state index is 0.123. The van der Waals surface area contributed by atoms with Crippen LogP contribution < -0.4 is 9.47 Å². The molecule has 3 aliphatic carbocycles. The maximum atomic E-state index is 15.1. The Morgan fingerprint density at radius 2 is 1.80 bits per heavy atom. The Labute approximate surface area is 236 Å². The Balaban J connectivity index is 1.31. The van der Waals surface area contributed by atoms with Crippen molar-refractivity contribution in [3.8, 4) is 22.6 Å². The Hall–Kier alpha value is -3.34. The number of aryl methyl sites for hydroxylation is 1. The molecule has 2 fully saturated rings. The number of benzene rings is 3. The average Bonchev–Trinajstić information content (AvgIpc) is 3.35. The van der Waals surface area contributed by atoms with E-state index in [0.29, 0.717) is 23.8 Å². The van der Waals surface area contributed by atoms with Crippen LogP contribution in [0.3, 0.4) is 0 Å². The van der Waals surface area contributed by atoms with Gasteiger partial charge in [-0.25, -0.2) is 4.39 Å². The van der Waals surface area contributed by atoms with Gasteiger partial charge in [0.05, 0.1) is 13.0 Å². The van der Waals surface area contributed by atoms with Crippen LogP contribution in [0.4, 0.5) is 4.39 Å². The third-order valence-corrected chi connectivity index (χ3v) is 10.3. The van der Waals surface area contributed by atoms with E-state index in [4.69, 9.17) is 9.47 Å². The maximum Gasteiger partial charge on any atom is 0.307 e. The van der Waals surface area contributed by atoms with Gasteiger partial charge >= 0.3 is 5.97 Å². The van der Waals surface area contributed by atoms with Gasteiger partial charge in [0.1, 0.15) is 23.9 Å². The zero-order valence-corrected chi connectivity index (χ0v) is 23.9. The van der Waals surface area contributed by atoms with Gasteiger partial charge in [0.25, 0.3) is 0 Å². The number of rotatable bonds is 7. The molecular weight excluding hydrogens is 503 g/mol. The predicted octanol–water partition coefficient (Wildman–Crippen LogP) is 8.30. The molecule has 0 aromatic heterocycles. The molecule has 3 aromatic carbocycles. The predicted molar refractivity (Wildman–Crippen MR) is 154 cm³/mol. The van der Waals surface area contributed by atoms with Crippen LogP contribution in [0, 0.1) is 23.1 Å². The number of carboxylic acid groups (broad SMARTS) is 1. The first-order chi connectivity index (χ1) is 19.2.